The first-order valence-electron chi connectivity index (χ1n) is 6.59. The highest BCUT2D eigenvalue weighted by atomic mass is 16.1. The molecular weight excluding hydrogens is 226 g/mol. The molecule has 0 saturated carbocycles. The highest BCUT2D eigenvalue weighted by molar-refractivity contribution is 5.79. The van der Waals surface area contributed by atoms with Gasteiger partial charge < -0.3 is 5.32 Å². The Kier molecular flexibility index (Phi) is 5.56. The highest BCUT2D eigenvalue weighted by Gasteiger charge is 2.41. The number of allylic oxidation sites excluding steroid dienone is 2. The van der Waals surface area contributed by atoms with Crippen LogP contribution in [0.15, 0.2) is 23.9 Å². The van der Waals surface area contributed by atoms with E-state index in [1.165, 1.54) is 0 Å². The van der Waals surface area contributed by atoms with Crippen molar-refractivity contribution in [2.24, 2.45) is 5.92 Å². The number of hydrogen-bond donors (Lipinski definition) is 3. The van der Waals surface area contributed by atoms with Crippen molar-refractivity contribution >= 4 is 5.78 Å². The Morgan fingerprint density at radius 1 is 1.44 bits per heavy atom. The minimum absolute atomic E-state index is 0.249. The Balaban J connectivity index is 2.75. The minimum atomic E-state index is -0.249. The van der Waals surface area contributed by atoms with E-state index in [9.17, 15) is 4.79 Å². The first kappa shape index (κ1) is 14.9. The summed E-state index contributed by atoms with van der Waals surface area (Å²) in [4.78, 5) is 11.3. The predicted molar refractivity (Wildman–Crippen MR) is 75.2 cm³/mol. The topological polar surface area (TPSA) is 53.2 Å². The van der Waals surface area contributed by atoms with Gasteiger partial charge in [-0.05, 0) is 20.5 Å². The Bertz CT molecular complexity index is 343. The summed E-state index contributed by atoms with van der Waals surface area (Å²) in [7, 11) is 5.83. The zero-order valence-electron chi connectivity index (χ0n) is 11.8. The molecule has 0 heterocycles. The third kappa shape index (κ3) is 2.82. The van der Waals surface area contributed by atoms with Gasteiger partial charge in [0.05, 0.1) is 0 Å². The summed E-state index contributed by atoms with van der Waals surface area (Å²) in [6, 6.07) is 0. The SMILES string of the molecule is CCC(=O)CC=CC1CC=C(NC)C1(NC)NC. The number of Topliss-reactive ketones (excluding diaryl/α,β-unsaturated/α-hetero) is 1. The van der Waals surface area contributed by atoms with Crippen LogP contribution in [0.25, 0.3) is 0 Å². The van der Waals surface area contributed by atoms with E-state index in [1.54, 1.807) is 0 Å². The number of ketones is 1. The van der Waals surface area contributed by atoms with Crippen LogP contribution in [0.3, 0.4) is 0 Å². The fraction of sp³-hybridized carbons (Fsp3) is 0.643. The average Bonchev–Trinajstić information content (AvgIpc) is 2.76. The van der Waals surface area contributed by atoms with E-state index in [0.717, 1.165) is 12.1 Å². The number of rotatable bonds is 7. The fourth-order valence-electron chi connectivity index (χ4n) is 2.58. The highest BCUT2D eigenvalue weighted by Crippen LogP contribution is 2.33. The summed E-state index contributed by atoms with van der Waals surface area (Å²) in [5.41, 5.74) is 0.907. The summed E-state index contributed by atoms with van der Waals surface area (Å²) in [5.74, 6) is 0.602. The van der Waals surface area contributed by atoms with Gasteiger partial charge in [-0.25, -0.2) is 0 Å². The molecule has 0 aromatic carbocycles. The van der Waals surface area contributed by atoms with Crippen LogP contribution in [0, 0.1) is 5.92 Å². The lowest BCUT2D eigenvalue weighted by atomic mass is 9.92. The quantitative estimate of drug-likeness (QED) is 0.470. The molecule has 0 bridgehead atoms. The normalized spacial score (nSPS) is 22.2. The second-order valence-corrected chi connectivity index (χ2v) is 4.54. The molecule has 3 N–H and O–H groups in total. The van der Waals surface area contributed by atoms with E-state index in [-0.39, 0.29) is 11.4 Å². The number of likely N-dealkylation sites (N-methyl/N-ethyl adjacent to an activating group) is 3. The van der Waals surface area contributed by atoms with Crippen LogP contribution in [0.5, 0.6) is 0 Å². The summed E-state index contributed by atoms with van der Waals surface area (Å²) in [6.07, 6.45) is 8.44. The molecule has 102 valence electrons. The number of hydrogen-bond acceptors (Lipinski definition) is 4. The zero-order chi connectivity index (χ0) is 13.6. The van der Waals surface area contributed by atoms with Crippen molar-refractivity contribution in [3.63, 3.8) is 0 Å². The van der Waals surface area contributed by atoms with Crippen molar-refractivity contribution < 1.29 is 4.79 Å². The first-order valence-corrected chi connectivity index (χ1v) is 6.59. The molecule has 1 atom stereocenters. The lowest BCUT2D eigenvalue weighted by Gasteiger charge is -2.36. The van der Waals surface area contributed by atoms with Gasteiger partial charge in [0.15, 0.2) is 0 Å². The molecule has 0 radical (unpaired) electrons. The minimum Gasteiger partial charge on any atom is -0.389 e. The van der Waals surface area contributed by atoms with Crippen molar-refractivity contribution in [1.29, 1.82) is 0 Å². The summed E-state index contributed by atoms with van der Waals surface area (Å²) in [5, 5.41) is 9.94. The van der Waals surface area contributed by atoms with E-state index in [4.69, 9.17) is 0 Å². The lowest BCUT2D eigenvalue weighted by Crippen LogP contribution is -2.60. The van der Waals surface area contributed by atoms with Gasteiger partial charge in [-0.3, -0.25) is 15.4 Å². The van der Waals surface area contributed by atoms with E-state index in [2.05, 4.69) is 28.1 Å². The second kappa shape index (κ2) is 6.71. The molecule has 0 aromatic rings. The van der Waals surface area contributed by atoms with E-state index >= 15 is 0 Å². The summed E-state index contributed by atoms with van der Waals surface area (Å²) >= 11 is 0. The monoisotopic (exact) mass is 251 g/mol. The Labute approximate surface area is 110 Å². The van der Waals surface area contributed by atoms with Crippen LogP contribution < -0.4 is 16.0 Å². The molecule has 1 unspecified atom stereocenters. The molecule has 0 aliphatic heterocycles. The molecule has 0 amide bonds. The fourth-order valence-corrected chi connectivity index (χ4v) is 2.58. The standard InChI is InChI=1S/C14H25N3O/c1-5-12(18)8-6-7-11-9-10-13(15-2)14(11,16-3)17-4/h6-7,10-11,15-17H,5,8-9H2,1-4H3. The number of carbonyl (C=O) groups is 1. The number of carbonyl (C=O) groups excluding carboxylic acids is 1. The van der Waals surface area contributed by atoms with Crippen molar-refractivity contribution in [1.82, 2.24) is 16.0 Å². The molecule has 0 fully saturated rings. The molecule has 0 spiro atoms. The molecule has 1 rings (SSSR count). The third-order valence-electron chi connectivity index (χ3n) is 3.72. The zero-order valence-corrected chi connectivity index (χ0v) is 11.8. The van der Waals surface area contributed by atoms with Crippen molar-refractivity contribution in [2.45, 2.75) is 31.8 Å². The van der Waals surface area contributed by atoms with Crippen LogP contribution in [-0.4, -0.2) is 32.6 Å². The van der Waals surface area contributed by atoms with Gasteiger partial charge >= 0.3 is 0 Å². The van der Waals surface area contributed by atoms with Gasteiger partial charge in [0.25, 0.3) is 0 Å². The Morgan fingerprint density at radius 2 is 2.11 bits per heavy atom. The second-order valence-electron chi connectivity index (χ2n) is 4.54. The van der Waals surface area contributed by atoms with Gasteiger partial charge in [-0.15, -0.1) is 0 Å². The van der Waals surface area contributed by atoms with Gasteiger partial charge in [0.1, 0.15) is 11.4 Å². The maximum Gasteiger partial charge on any atom is 0.136 e. The van der Waals surface area contributed by atoms with Crippen molar-refractivity contribution in [2.75, 3.05) is 21.1 Å². The maximum absolute atomic E-state index is 11.3. The van der Waals surface area contributed by atoms with Crippen LogP contribution in [0.2, 0.25) is 0 Å². The molecule has 1 aliphatic carbocycles. The van der Waals surface area contributed by atoms with E-state index in [0.29, 0.717) is 18.8 Å². The predicted octanol–water partition coefficient (Wildman–Crippen LogP) is 1.17. The van der Waals surface area contributed by atoms with Gasteiger partial charge in [0, 0.05) is 31.5 Å². The molecule has 0 saturated heterocycles. The molecule has 1 aliphatic rings. The molecular formula is C14H25N3O. The van der Waals surface area contributed by atoms with Crippen molar-refractivity contribution in [3.05, 3.63) is 23.9 Å². The third-order valence-corrected chi connectivity index (χ3v) is 3.72. The maximum atomic E-state index is 11.3. The molecule has 18 heavy (non-hydrogen) atoms. The molecule has 0 aromatic heterocycles. The largest absolute Gasteiger partial charge is 0.389 e. The number of nitrogens with one attached hydrogen (secondary N) is 3. The smallest absolute Gasteiger partial charge is 0.136 e. The lowest BCUT2D eigenvalue weighted by molar-refractivity contribution is -0.117. The van der Waals surface area contributed by atoms with Gasteiger partial charge in [-0.2, -0.15) is 0 Å². The molecule has 4 nitrogen and oxygen atoms in total. The van der Waals surface area contributed by atoms with Crippen LogP contribution in [0.4, 0.5) is 0 Å². The average molecular weight is 251 g/mol. The summed E-state index contributed by atoms with van der Waals surface area (Å²) < 4.78 is 0. The van der Waals surface area contributed by atoms with Crippen molar-refractivity contribution in [3.8, 4) is 0 Å². The van der Waals surface area contributed by atoms with Crippen LogP contribution in [-0.2, 0) is 4.79 Å². The Morgan fingerprint density at radius 3 is 2.61 bits per heavy atom. The molecule has 4 heteroatoms. The first-order chi connectivity index (χ1) is 8.64. The summed E-state index contributed by atoms with van der Waals surface area (Å²) in [6.45, 7) is 1.90. The van der Waals surface area contributed by atoms with E-state index < -0.39 is 0 Å². The van der Waals surface area contributed by atoms with Crippen LogP contribution >= 0.6 is 0 Å². The van der Waals surface area contributed by atoms with Gasteiger partial charge in [-0.1, -0.05) is 25.2 Å². The van der Waals surface area contributed by atoms with Crippen LogP contribution in [0.1, 0.15) is 26.2 Å². The van der Waals surface area contributed by atoms with E-state index in [1.807, 2.05) is 34.1 Å². The van der Waals surface area contributed by atoms with Gasteiger partial charge in [0.2, 0.25) is 0 Å². The Hall–Kier alpha value is -1.13.